The van der Waals surface area contributed by atoms with Gasteiger partial charge in [-0.1, -0.05) is 20.8 Å². The molecule has 4 aromatic rings. The average molecular weight is 696 g/mol. The van der Waals surface area contributed by atoms with Crippen LogP contribution in [0.5, 0.6) is 5.88 Å². The molecule has 6 aliphatic rings. The number of fused-ring (bicyclic) bond motifs is 3. The number of carbonyl (C=O) groups is 2. The normalized spacial score (nSPS) is 26.7. The van der Waals surface area contributed by atoms with E-state index in [0.29, 0.717) is 73.0 Å². The van der Waals surface area contributed by atoms with Crippen molar-refractivity contribution < 1.29 is 19.1 Å². The van der Waals surface area contributed by atoms with Gasteiger partial charge in [-0.3, -0.25) is 14.4 Å². The Hall–Kier alpha value is -4.72. The molecule has 0 aromatic carbocycles. The summed E-state index contributed by atoms with van der Waals surface area (Å²) in [6, 6.07) is 3.58. The number of methoxy groups -OCH3 is 1. The average Bonchev–Trinajstić information content (AvgIpc) is 3.74. The Morgan fingerprint density at radius 1 is 1.16 bits per heavy atom. The van der Waals surface area contributed by atoms with Crippen LogP contribution in [-0.4, -0.2) is 97.3 Å². The predicted molar refractivity (Wildman–Crippen MR) is 191 cm³/mol. The van der Waals surface area contributed by atoms with Crippen LogP contribution in [0.15, 0.2) is 29.2 Å². The van der Waals surface area contributed by atoms with Gasteiger partial charge in [-0.05, 0) is 68.1 Å². The number of hydrogen-bond donors (Lipinski definition) is 2. The lowest BCUT2D eigenvalue weighted by molar-refractivity contribution is -0.187. The van der Waals surface area contributed by atoms with Crippen LogP contribution in [0.3, 0.4) is 0 Å². The molecule has 4 saturated carbocycles. The van der Waals surface area contributed by atoms with E-state index in [1.807, 2.05) is 34.6 Å². The molecule has 0 radical (unpaired) electrons. The predicted octanol–water partition coefficient (Wildman–Crippen LogP) is 3.49. The van der Waals surface area contributed by atoms with Crippen molar-refractivity contribution in [3.8, 4) is 5.88 Å². The van der Waals surface area contributed by atoms with Crippen molar-refractivity contribution in [1.82, 2.24) is 39.7 Å². The number of H-pyrrole nitrogens is 1. The second-order valence-electron chi connectivity index (χ2n) is 15.5. The van der Waals surface area contributed by atoms with Gasteiger partial charge in [0.25, 0.3) is 5.91 Å². The van der Waals surface area contributed by atoms with Crippen LogP contribution in [-0.2, 0) is 22.5 Å². The molecule has 10 rings (SSSR count). The van der Waals surface area contributed by atoms with Gasteiger partial charge in [0, 0.05) is 48.4 Å². The van der Waals surface area contributed by atoms with Crippen LogP contribution in [0, 0.1) is 11.3 Å². The van der Waals surface area contributed by atoms with Gasteiger partial charge in [0.15, 0.2) is 11.2 Å². The number of nitrogens with zero attached hydrogens (tertiary/aromatic N) is 7. The zero-order valence-corrected chi connectivity index (χ0v) is 29.7. The van der Waals surface area contributed by atoms with Crippen molar-refractivity contribution in [2.75, 3.05) is 38.3 Å². The van der Waals surface area contributed by atoms with Crippen molar-refractivity contribution >= 4 is 45.4 Å². The molecule has 4 aromatic heterocycles. The topological polar surface area (TPSA) is 152 Å². The van der Waals surface area contributed by atoms with Crippen molar-refractivity contribution in [2.45, 2.75) is 89.9 Å². The lowest BCUT2D eigenvalue weighted by Crippen LogP contribution is -2.76. The van der Waals surface area contributed by atoms with Gasteiger partial charge in [-0.25, -0.2) is 0 Å². The number of aromatic nitrogens is 6. The van der Waals surface area contributed by atoms with Gasteiger partial charge in [0.1, 0.15) is 23.4 Å². The number of rotatable bonds is 9. The van der Waals surface area contributed by atoms with Crippen LogP contribution in [0.1, 0.15) is 75.3 Å². The Bertz CT molecular complexity index is 2160. The summed E-state index contributed by atoms with van der Waals surface area (Å²) in [7, 11) is 1.53. The van der Waals surface area contributed by atoms with Crippen molar-refractivity contribution in [1.29, 1.82) is 0 Å². The fourth-order valence-electron chi connectivity index (χ4n) is 9.57. The number of hydrogen-bond acceptors (Lipinski definition) is 9. The number of amides is 2. The Morgan fingerprint density at radius 3 is 2.65 bits per heavy atom. The minimum absolute atomic E-state index is 0.0468. The Labute approximate surface area is 295 Å². The molecular formula is C37H45N9O5. The first-order valence-corrected chi connectivity index (χ1v) is 18.3. The fraction of sp³-hybridized carbons (Fsp3) is 0.568. The van der Waals surface area contributed by atoms with E-state index in [2.05, 4.69) is 34.0 Å². The van der Waals surface area contributed by atoms with Crippen molar-refractivity contribution in [2.24, 2.45) is 11.3 Å². The second kappa shape index (κ2) is 11.7. The van der Waals surface area contributed by atoms with E-state index < -0.39 is 0 Å². The number of piperazine rings is 1. The van der Waals surface area contributed by atoms with E-state index in [1.165, 1.54) is 7.11 Å². The largest absolute Gasteiger partial charge is 0.480 e. The number of aromatic amines is 1. The quantitative estimate of drug-likeness (QED) is 0.268. The zero-order valence-electron chi connectivity index (χ0n) is 29.7. The van der Waals surface area contributed by atoms with E-state index >= 15 is 0 Å². The highest BCUT2D eigenvalue weighted by Crippen LogP contribution is 2.70. The lowest BCUT2D eigenvalue weighted by atomic mass is 9.36. The van der Waals surface area contributed by atoms with E-state index in [-0.39, 0.29) is 52.8 Å². The number of pyridine rings is 2. The summed E-state index contributed by atoms with van der Waals surface area (Å²) in [5, 5.41) is 13.8. The third kappa shape index (κ3) is 4.85. The summed E-state index contributed by atoms with van der Waals surface area (Å²) in [6.45, 7) is 8.51. The Kier molecular flexibility index (Phi) is 7.36. The Balaban J connectivity index is 1.06. The van der Waals surface area contributed by atoms with Crippen LogP contribution in [0.25, 0.3) is 27.9 Å². The zero-order chi connectivity index (χ0) is 35.2. The summed E-state index contributed by atoms with van der Waals surface area (Å²) in [6.07, 6.45) is 9.60. The number of nitrogens with one attached hydrogen (secondary N) is 2. The van der Waals surface area contributed by atoms with E-state index in [9.17, 15) is 14.4 Å². The van der Waals surface area contributed by atoms with Crippen molar-refractivity contribution in [3.63, 3.8) is 0 Å². The molecule has 2 aliphatic heterocycles. The minimum atomic E-state index is -0.190. The molecule has 0 unspecified atom stereocenters. The maximum Gasteiger partial charge on any atom is 0.259 e. The van der Waals surface area contributed by atoms with Gasteiger partial charge >= 0.3 is 0 Å². The number of ether oxygens (including phenoxy) is 2. The van der Waals surface area contributed by atoms with Crippen LogP contribution < -0.4 is 20.4 Å². The molecule has 0 spiro atoms. The molecule has 2 N–H and O–H groups in total. The summed E-state index contributed by atoms with van der Waals surface area (Å²) >= 11 is 0. The molecule has 2 atom stereocenters. The van der Waals surface area contributed by atoms with E-state index in [1.54, 1.807) is 11.0 Å². The molecule has 268 valence electrons. The number of anilines is 1. The van der Waals surface area contributed by atoms with Gasteiger partial charge in [0.2, 0.25) is 17.2 Å². The number of carbonyl (C=O) groups excluding carboxylic acids is 2. The van der Waals surface area contributed by atoms with Crippen LogP contribution in [0.4, 0.5) is 5.69 Å². The molecule has 14 heteroatoms. The highest BCUT2D eigenvalue weighted by Gasteiger charge is 2.69. The van der Waals surface area contributed by atoms with Crippen LogP contribution >= 0.6 is 0 Å². The molecule has 1 saturated heterocycles. The standard InChI is InChI=1S/C37H45N9O5/c1-5-25-30(43-12-13-44(27-7-6-26(27)43)35(49)24-16-22-8-11-38-32(22)39-34(24)50-4)31(48)29-33(42-46(41-29)23-9-14-51-15-10-23)45(25)17-28(47)40-37-18-36(19-37,20-37)21(2)3/h8-9,11,16,21,26-27H,5-7,10,12-15,17-20H2,1-4H3,(H,38,39)(H,40,47)/t26-,27-,36?,37?/m0/s1. The molecular weight excluding hydrogens is 650 g/mol. The summed E-state index contributed by atoms with van der Waals surface area (Å²) in [5.74, 6) is 0.689. The maximum atomic E-state index is 14.6. The smallest absolute Gasteiger partial charge is 0.259 e. The summed E-state index contributed by atoms with van der Waals surface area (Å²) in [4.78, 5) is 55.8. The van der Waals surface area contributed by atoms with Gasteiger partial charge in [-0.15, -0.1) is 10.2 Å². The molecule has 51 heavy (non-hydrogen) atoms. The first kappa shape index (κ1) is 32.2. The lowest BCUT2D eigenvalue weighted by Gasteiger charge is -2.72. The third-order valence-electron chi connectivity index (χ3n) is 12.5. The first-order chi connectivity index (χ1) is 24.6. The highest BCUT2D eigenvalue weighted by molar-refractivity contribution is 6.00. The highest BCUT2D eigenvalue weighted by atomic mass is 16.5. The third-order valence-corrected chi connectivity index (χ3v) is 12.5. The summed E-state index contributed by atoms with van der Waals surface area (Å²) in [5.41, 5.74) is 4.00. The van der Waals surface area contributed by atoms with Gasteiger partial charge in [0.05, 0.1) is 32.1 Å². The minimum Gasteiger partial charge on any atom is -0.480 e. The summed E-state index contributed by atoms with van der Waals surface area (Å²) < 4.78 is 13.0. The Morgan fingerprint density at radius 2 is 1.96 bits per heavy atom. The molecule has 2 amide bonds. The van der Waals surface area contributed by atoms with Gasteiger partial charge < -0.3 is 34.1 Å². The molecule has 6 heterocycles. The second-order valence-corrected chi connectivity index (χ2v) is 15.5. The first-order valence-electron chi connectivity index (χ1n) is 18.3. The van der Waals surface area contributed by atoms with Crippen LogP contribution in [0.2, 0.25) is 0 Å². The SMILES string of the molecule is CCc1c(N2CCN(C(=O)c3cc4cc[nH]c4nc3OC)[C@H]3CC[C@@H]32)c(=O)c2nn(C3=CCOCC3)nc2n1CC(=O)NC12CC(C(C)C)(C1)C2. The molecule has 14 nitrogen and oxygen atoms in total. The van der Waals surface area contributed by atoms with E-state index in [0.717, 1.165) is 48.9 Å². The van der Waals surface area contributed by atoms with E-state index in [4.69, 9.17) is 19.7 Å². The monoisotopic (exact) mass is 695 g/mol. The van der Waals surface area contributed by atoms with Crippen molar-refractivity contribution in [3.05, 3.63) is 45.9 Å². The molecule has 4 aliphatic carbocycles. The van der Waals surface area contributed by atoms with Gasteiger partial charge in [-0.2, -0.15) is 9.78 Å². The maximum absolute atomic E-state index is 14.6. The fourth-order valence-corrected chi connectivity index (χ4v) is 9.57. The molecule has 2 bridgehead atoms. The molecule has 5 fully saturated rings.